The molecule has 136 valence electrons. The van der Waals surface area contributed by atoms with Gasteiger partial charge in [0.05, 0.1) is 12.5 Å². The Morgan fingerprint density at radius 2 is 2.24 bits per heavy atom. The van der Waals surface area contributed by atoms with Gasteiger partial charge in [0.25, 0.3) is 5.91 Å². The zero-order valence-electron chi connectivity index (χ0n) is 14.5. The van der Waals surface area contributed by atoms with Crippen LogP contribution < -0.4 is 9.47 Å². The Bertz CT molecular complexity index is 675. The number of fused-ring (bicyclic) bond motifs is 1. The Labute approximate surface area is 151 Å². The van der Waals surface area contributed by atoms with Crippen LogP contribution in [0, 0.1) is 0 Å². The maximum Gasteiger partial charge on any atom is 0.305 e. The minimum atomic E-state index is -0.886. The topological polar surface area (TPSA) is 76.1 Å². The average molecular weight is 365 g/mol. The summed E-state index contributed by atoms with van der Waals surface area (Å²) in [5.41, 5.74) is 0.802. The minimum Gasteiger partial charge on any atom is -0.483 e. The van der Waals surface area contributed by atoms with Crippen LogP contribution in [0.25, 0.3) is 0 Å². The fraction of sp³-hybridized carbons (Fsp3) is 0.556. The summed E-state index contributed by atoms with van der Waals surface area (Å²) in [6.07, 6.45) is 0.772. The molecule has 1 aromatic rings. The summed E-state index contributed by atoms with van der Waals surface area (Å²) in [7, 11) is 0. The van der Waals surface area contributed by atoms with Crippen LogP contribution >= 0.6 is 11.8 Å². The highest BCUT2D eigenvalue weighted by Crippen LogP contribution is 2.41. The van der Waals surface area contributed by atoms with E-state index in [4.69, 9.17) is 14.6 Å². The molecule has 1 aromatic carbocycles. The second kappa shape index (κ2) is 7.15. The number of hydrogen-bond donors (Lipinski definition) is 1. The number of para-hydroxylation sites is 1. The van der Waals surface area contributed by atoms with Crippen LogP contribution in [0.2, 0.25) is 0 Å². The number of thioether (sulfide) groups is 1. The Kier molecular flexibility index (Phi) is 5.13. The number of aliphatic carboxylic acids is 1. The first-order valence-electron chi connectivity index (χ1n) is 8.38. The van der Waals surface area contributed by atoms with Crippen LogP contribution in [-0.2, 0) is 16.0 Å². The molecule has 2 aliphatic heterocycles. The maximum atomic E-state index is 12.5. The Morgan fingerprint density at radius 3 is 3.00 bits per heavy atom. The molecule has 2 heterocycles. The fourth-order valence-electron chi connectivity index (χ4n) is 3.28. The largest absolute Gasteiger partial charge is 0.483 e. The first-order valence-corrected chi connectivity index (χ1v) is 9.54. The number of carboxylic acids is 1. The molecule has 1 amide bonds. The molecule has 2 aliphatic rings. The molecule has 0 spiro atoms. The maximum absolute atomic E-state index is 12.5. The lowest BCUT2D eigenvalue weighted by atomic mass is 10.0. The number of rotatable bonds is 5. The number of carbonyl (C=O) groups excluding carboxylic acids is 1. The van der Waals surface area contributed by atoms with Gasteiger partial charge in [-0.15, -0.1) is 0 Å². The second-order valence-corrected chi connectivity index (χ2v) is 8.14. The summed E-state index contributed by atoms with van der Waals surface area (Å²) < 4.78 is 11.7. The highest BCUT2D eigenvalue weighted by molar-refractivity contribution is 7.99. The predicted molar refractivity (Wildman–Crippen MR) is 95.4 cm³/mol. The molecule has 7 heteroatoms. The summed E-state index contributed by atoms with van der Waals surface area (Å²) in [4.78, 5) is 25.2. The number of hydrogen-bond acceptors (Lipinski definition) is 5. The molecule has 1 saturated heterocycles. The van der Waals surface area contributed by atoms with Crippen molar-refractivity contribution in [2.45, 2.75) is 38.3 Å². The first kappa shape index (κ1) is 17.9. The SMILES string of the molecule is CC1(C)Cc2cccc(OCC(=O)N3CCSCC3CC(=O)O)c2O1. The summed E-state index contributed by atoms with van der Waals surface area (Å²) in [5.74, 6) is 1.68. The van der Waals surface area contributed by atoms with Crippen molar-refractivity contribution in [2.75, 3.05) is 24.7 Å². The van der Waals surface area contributed by atoms with Gasteiger partial charge < -0.3 is 19.5 Å². The number of nitrogens with zero attached hydrogens (tertiary/aromatic N) is 1. The molecule has 0 aromatic heterocycles. The van der Waals surface area contributed by atoms with Crippen molar-refractivity contribution in [1.82, 2.24) is 4.90 Å². The zero-order chi connectivity index (χ0) is 18.0. The Morgan fingerprint density at radius 1 is 1.44 bits per heavy atom. The van der Waals surface area contributed by atoms with E-state index in [1.54, 1.807) is 22.7 Å². The minimum absolute atomic E-state index is 0.0310. The zero-order valence-corrected chi connectivity index (χ0v) is 15.3. The molecule has 0 bridgehead atoms. The standard InChI is InChI=1S/C18H23NO5S/c1-18(2)9-12-4-3-5-14(17(12)24-18)23-10-15(20)19-6-7-25-11-13(19)8-16(21)22/h3-5,13H,6-11H2,1-2H3,(H,21,22). The number of ether oxygens (including phenoxy) is 2. The lowest BCUT2D eigenvalue weighted by molar-refractivity contribution is -0.141. The molecule has 25 heavy (non-hydrogen) atoms. The van der Waals surface area contributed by atoms with Gasteiger partial charge in [0.2, 0.25) is 0 Å². The van der Waals surface area contributed by atoms with Gasteiger partial charge in [-0.1, -0.05) is 12.1 Å². The van der Waals surface area contributed by atoms with E-state index in [2.05, 4.69) is 0 Å². The molecular formula is C18H23NO5S. The average Bonchev–Trinajstić information content (AvgIpc) is 2.87. The van der Waals surface area contributed by atoms with E-state index in [-0.39, 0.29) is 30.6 Å². The van der Waals surface area contributed by atoms with E-state index >= 15 is 0 Å². The molecule has 1 unspecified atom stereocenters. The number of benzene rings is 1. The summed E-state index contributed by atoms with van der Waals surface area (Å²) in [6, 6.07) is 5.43. The first-order chi connectivity index (χ1) is 11.9. The van der Waals surface area contributed by atoms with Gasteiger partial charge in [0.1, 0.15) is 5.60 Å². The lowest BCUT2D eigenvalue weighted by Crippen LogP contribution is -2.48. The molecular weight excluding hydrogens is 342 g/mol. The number of carbonyl (C=O) groups is 2. The van der Waals surface area contributed by atoms with Crippen molar-refractivity contribution in [3.8, 4) is 11.5 Å². The van der Waals surface area contributed by atoms with E-state index in [1.807, 2.05) is 26.0 Å². The molecule has 1 atom stereocenters. The van der Waals surface area contributed by atoms with E-state index in [1.165, 1.54) is 0 Å². The quantitative estimate of drug-likeness (QED) is 0.862. The number of carboxylic acid groups (broad SMARTS) is 1. The van der Waals surface area contributed by atoms with Crippen molar-refractivity contribution in [3.63, 3.8) is 0 Å². The molecule has 1 N–H and O–H groups in total. The molecule has 0 radical (unpaired) electrons. The third-order valence-electron chi connectivity index (χ3n) is 4.36. The van der Waals surface area contributed by atoms with Gasteiger partial charge in [-0.05, 0) is 19.9 Å². The summed E-state index contributed by atoms with van der Waals surface area (Å²) >= 11 is 1.68. The highest BCUT2D eigenvalue weighted by Gasteiger charge is 2.33. The van der Waals surface area contributed by atoms with Gasteiger partial charge in [-0.3, -0.25) is 9.59 Å². The summed E-state index contributed by atoms with van der Waals surface area (Å²) in [6.45, 7) is 4.48. The van der Waals surface area contributed by atoms with E-state index in [0.29, 0.717) is 23.8 Å². The van der Waals surface area contributed by atoms with Crippen LogP contribution in [0.5, 0.6) is 11.5 Å². The summed E-state index contributed by atoms with van der Waals surface area (Å²) in [5, 5.41) is 9.03. The van der Waals surface area contributed by atoms with Crippen LogP contribution in [0.4, 0.5) is 0 Å². The Balaban J connectivity index is 1.65. The van der Waals surface area contributed by atoms with Gasteiger partial charge in [-0.2, -0.15) is 11.8 Å². The monoisotopic (exact) mass is 365 g/mol. The van der Waals surface area contributed by atoms with E-state index in [9.17, 15) is 9.59 Å². The van der Waals surface area contributed by atoms with E-state index in [0.717, 1.165) is 17.7 Å². The van der Waals surface area contributed by atoms with Crippen molar-refractivity contribution < 1.29 is 24.2 Å². The van der Waals surface area contributed by atoms with Gasteiger partial charge in [0, 0.05) is 30.0 Å². The predicted octanol–water partition coefficient (Wildman–Crippen LogP) is 2.20. The van der Waals surface area contributed by atoms with Gasteiger partial charge in [0.15, 0.2) is 18.1 Å². The van der Waals surface area contributed by atoms with Crippen molar-refractivity contribution in [2.24, 2.45) is 0 Å². The van der Waals surface area contributed by atoms with Crippen LogP contribution in [0.1, 0.15) is 25.8 Å². The van der Waals surface area contributed by atoms with Crippen LogP contribution in [-0.4, -0.2) is 58.2 Å². The smallest absolute Gasteiger partial charge is 0.305 e. The van der Waals surface area contributed by atoms with Crippen molar-refractivity contribution in [3.05, 3.63) is 23.8 Å². The van der Waals surface area contributed by atoms with Crippen molar-refractivity contribution >= 4 is 23.6 Å². The number of amides is 1. The third-order valence-corrected chi connectivity index (χ3v) is 5.46. The molecule has 0 saturated carbocycles. The Hall–Kier alpha value is -1.89. The second-order valence-electron chi connectivity index (χ2n) is 6.99. The fourth-order valence-corrected chi connectivity index (χ4v) is 4.34. The van der Waals surface area contributed by atoms with Crippen LogP contribution in [0.15, 0.2) is 18.2 Å². The molecule has 0 aliphatic carbocycles. The third kappa shape index (κ3) is 4.21. The molecule has 1 fully saturated rings. The lowest BCUT2D eigenvalue weighted by Gasteiger charge is -2.34. The van der Waals surface area contributed by atoms with Crippen molar-refractivity contribution in [1.29, 1.82) is 0 Å². The van der Waals surface area contributed by atoms with Gasteiger partial charge in [-0.25, -0.2) is 0 Å². The highest BCUT2D eigenvalue weighted by atomic mass is 32.2. The van der Waals surface area contributed by atoms with E-state index < -0.39 is 5.97 Å². The normalized spacial score (nSPS) is 21.4. The molecule has 6 nitrogen and oxygen atoms in total. The van der Waals surface area contributed by atoms with Gasteiger partial charge >= 0.3 is 5.97 Å². The van der Waals surface area contributed by atoms with Crippen LogP contribution in [0.3, 0.4) is 0 Å². The molecule has 3 rings (SSSR count).